The van der Waals surface area contributed by atoms with E-state index in [4.69, 9.17) is 44.0 Å². The molecule has 31 nitrogen and oxygen atoms in total. The van der Waals surface area contributed by atoms with Crippen LogP contribution < -0.4 is 65.6 Å². The number of sulfonamides is 2. The summed E-state index contributed by atoms with van der Waals surface area (Å²) in [6.45, 7) is 16.1. The number of pyridine rings is 2. The van der Waals surface area contributed by atoms with Crippen LogP contribution in [0.2, 0.25) is 0 Å². The molecule has 620 valence electrons. The summed E-state index contributed by atoms with van der Waals surface area (Å²) in [7, 11) is -5.86. The zero-order chi connectivity index (χ0) is 83.5. The number of unbranched alkanes of at least 4 members (excludes halogenated alkanes) is 3. The van der Waals surface area contributed by atoms with Crippen molar-refractivity contribution in [1.29, 1.82) is 0 Å². The van der Waals surface area contributed by atoms with Crippen LogP contribution in [0.3, 0.4) is 0 Å². The van der Waals surface area contributed by atoms with Crippen molar-refractivity contribution < 1.29 is 79.2 Å². The summed E-state index contributed by atoms with van der Waals surface area (Å²) in [5, 5.41) is 36.3. The molecule has 13 rings (SSSR count). The summed E-state index contributed by atoms with van der Waals surface area (Å²) < 4.78 is 83.0. The monoisotopic (exact) mass is 1680 g/mol. The minimum absolute atomic E-state index is 0.00766. The second kappa shape index (κ2) is 37.0. The third kappa shape index (κ3) is 20.6. The number of rotatable bonds is 27. The number of hydrogen-bond acceptors (Lipinski definition) is 25. The molecule has 3 aliphatic heterocycles. The molecule has 1 spiro atoms. The van der Waals surface area contributed by atoms with Crippen LogP contribution in [0.15, 0.2) is 143 Å². The van der Waals surface area contributed by atoms with Crippen molar-refractivity contribution in [1.82, 2.24) is 50.2 Å². The average molecular weight is 1680 g/mol. The number of carboxylic acid groups (broad SMARTS) is 1. The van der Waals surface area contributed by atoms with Crippen molar-refractivity contribution in [2.45, 2.75) is 188 Å². The van der Waals surface area contributed by atoms with E-state index in [0.717, 1.165) is 15.6 Å². The zero-order valence-electron chi connectivity index (χ0n) is 65.7. The quantitative estimate of drug-likeness (QED) is 0.0169. The highest BCUT2D eigenvalue weighted by atomic mass is 32.2. The van der Waals surface area contributed by atoms with Crippen LogP contribution in [0.4, 0.5) is 21.6 Å². The molecule has 0 unspecified atom stereocenters. The van der Waals surface area contributed by atoms with Crippen molar-refractivity contribution in [2.24, 2.45) is 11.8 Å². The highest BCUT2D eigenvalue weighted by Gasteiger charge is 2.63. The van der Waals surface area contributed by atoms with E-state index >= 15 is 0 Å². The highest BCUT2D eigenvalue weighted by Crippen LogP contribution is 2.47. The van der Waals surface area contributed by atoms with E-state index in [-0.39, 0.29) is 103 Å². The molecule has 7 heterocycles. The number of amides is 7. The van der Waals surface area contributed by atoms with Crippen molar-refractivity contribution in [3.63, 3.8) is 0 Å². The van der Waals surface area contributed by atoms with Gasteiger partial charge in [-0.1, -0.05) is 62.1 Å². The van der Waals surface area contributed by atoms with Crippen molar-refractivity contribution in [2.75, 3.05) is 48.6 Å². The molecule has 2 saturated heterocycles. The van der Waals surface area contributed by atoms with Gasteiger partial charge in [0.2, 0.25) is 29.5 Å². The molecular formula is C82H96N14O17S4. The number of carboxylic acids is 1. The molecule has 4 fully saturated rings. The summed E-state index contributed by atoms with van der Waals surface area (Å²) >= 11 is 2.93. The second-order valence-corrected chi connectivity index (χ2v) is 35.1. The van der Waals surface area contributed by atoms with E-state index in [2.05, 4.69) is 59.8 Å². The molecule has 5 aliphatic rings. The van der Waals surface area contributed by atoms with Gasteiger partial charge in [0, 0.05) is 115 Å². The molecule has 8 atom stereocenters. The van der Waals surface area contributed by atoms with Crippen LogP contribution in [-0.4, -0.2) is 169 Å². The number of nitrogens with zero attached hydrogens (tertiary/aromatic N) is 5. The van der Waals surface area contributed by atoms with E-state index in [1.807, 2.05) is 68.8 Å². The second-order valence-electron chi connectivity index (χ2n) is 30.1. The Labute approximate surface area is 685 Å². The largest absolute Gasteiger partial charge is 0.497 e. The maximum atomic E-state index is 14.3. The molecule has 2 saturated carbocycles. The lowest BCUT2D eigenvalue weighted by Crippen LogP contribution is -2.56. The van der Waals surface area contributed by atoms with Crippen LogP contribution in [0.1, 0.15) is 130 Å². The van der Waals surface area contributed by atoms with Gasteiger partial charge >= 0.3 is 5.97 Å². The van der Waals surface area contributed by atoms with E-state index < -0.39 is 103 Å². The number of hydrogen-bond donors (Lipinski definition) is 10. The van der Waals surface area contributed by atoms with Gasteiger partial charge in [-0.25, -0.2) is 46.2 Å². The van der Waals surface area contributed by atoms with E-state index in [0.29, 0.717) is 120 Å². The minimum atomic E-state index is -4.51. The van der Waals surface area contributed by atoms with Gasteiger partial charge in [-0.3, -0.25) is 38.4 Å². The Morgan fingerprint density at radius 3 is 1.88 bits per heavy atom. The number of benzene rings is 4. The average Bonchev–Trinajstić information content (AvgIpc) is 1.59. The molecule has 10 N–H and O–H groups in total. The molecule has 35 heteroatoms. The van der Waals surface area contributed by atoms with Crippen molar-refractivity contribution in [3.05, 3.63) is 133 Å². The predicted molar refractivity (Wildman–Crippen MR) is 444 cm³/mol. The number of carbonyl (C=O) groups is 8. The van der Waals surface area contributed by atoms with Crippen LogP contribution >= 0.6 is 22.7 Å². The Balaban J connectivity index is 0.000000215. The predicted octanol–water partition coefficient (Wildman–Crippen LogP) is 10.6. The first-order valence-corrected chi connectivity index (χ1v) is 43.6. The van der Waals surface area contributed by atoms with Gasteiger partial charge < -0.3 is 66.2 Å². The van der Waals surface area contributed by atoms with Gasteiger partial charge in [0.15, 0.2) is 10.3 Å². The molecule has 4 aromatic heterocycles. The van der Waals surface area contributed by atoms with Crippen LogP contribution in [0, 0.1) is 11.8 Å². The van der Waals surface area contributed by atoms with Gasteiger partial charge in [-0.2, -0.15) is 0 Å². The van der Waals surface area contributed by atoms with Crippen molar-refractivity contribution >= 4 is 133 Å². The zero-order valence-corrected chi connectivity index (χ0v) is 68.9. The summed E-state index contributed by atoms with van der Waals surface area (Å²) in [6.07, 6.45) is 7.64. The minimum Gasteiger partial charge on any atom is -0.497 e. The third-order valence-corrected chi connectivity index (χ3v) is 25.1. The number of anilines is 4. The van der Waals surface area contributed by atoms with Gasteiger partial charge in [0.05, 0.1) is 60.6 Å². The summed E-state index contributed by atoms with van der Waals surface area (Å²) in [5.74, 6) is -3.76. The van der Waals surface area contributed by atoms with Crippen LogP contribution in [0.5, 0.6) is 23.0 Å². The molecule has 0 bridgehead atoms. The van der Waals surface area contributed by atoms with Gasteiger partial charge in [0.1, 0.15) is 73.5 Å². The number of methoxy groups -OCH3 is 2. The molecule has 8 aromatic rings. The van der Waals surface area contributed by atoms with Crippen LogP contribution in [-0.2, 0) is 58.4 Å². The number of nitrogens with one attached hydrogen (secondary N) is 9. The number of ether oxygens (including phenoxy) is 4. The lowest BCUT2D eigenvalue weighted by Gasteiger charge is -2.26. The third-order valence-electron chi connectivity index (χ3n) is 20.7. The fourth-order valence-electron chi connectivity index (χ4n) is 14.5. The highest BCUT2D eigenvalue weighted by molar-refractivity contribution is 7.90. The van der Waals surface area contributed by atoms with Gasteiger partial charge in [-0.15, -0.1) is 35.8 Å². The molecule has 0 radical (unpaired) electrons. The Hall–Kier alpha value is -11.1. The molecule has 4 aromatic carbocycles. The number of thiazole rings is 2. The Kier molecular flexibility index (Phi) is 27.0. The van der Waals surface area contributed by atoms with Crippen molar-refractivity contribution in [3.8, 4) is 45.8 Å². The molecule has 2 aliphatic carbocycles. The molecule has 7 amide bonds. The summed E-state index contributed by atoms with van der Waals surface area (Å²) in [6, 6.07) is 24.7. The Morgan fingerprint density at radius 2 is 1.29 bits per heavy atom. The Bertz CT molecular complexity index is 5350. The lowest BCUT2D eigenvalue weighted by molar-refractivity contribution is -0.139. The smallest absolute Gasteiger partial charge is 0.303 e. The van der Waals surface area contributed by atoms with Crippen LogP contribution in [0.25, 0.3) is 44.6 Å². The standard InChI is InChI=1S/C41H49N7O9S2.C41H47N7O8S2/c1-5-25-21-41(25,39(53)48-59(54,55)35-13-11-10-12-29(35)45-36(49)14-8-6-7-9-15-37(50)51)47-38(52)32-19-27(22-42-32)57-34-20-31(33-23-58-40(46-33)43-24(2)3)44-30-18-26(56-4)16-17-28(30)34;1-5-25-21-41(25)39(52)47-58(53,54)35-13-11-10-12-29(35)44-36(49)14-8-6-7-9-15-37(50)48-22-27(19-33(48)38(51)46-41)56-34-20-31(32-23-57-40(45-32)42-24(2)3)43-30-18-26(55-4)16-17-28(30)34/h5,10-13,16-18,20,23-25,27,32,42H,1,6-9,14-15,19,21-22H2,2-4H3,(H,43,46)(H,45,49)(H,47,52)(H,48,53)(H,50,51);5,10-13,16-18,20,23-25,27,33H,1,6-9,14-15,19,21-22H2,2-4H3,(H,42,45)(H,44,49)(H,46,51)(H,47,52)/t25-,27-,32+,41-;25-,27-,33+,41-/m11/s1. The number of aliphatic carboxylic acids is 1. The SMILES string of the molecule is C=C[C@@H]1C[C@@]12NC(=O)[C@@H]1C[C@@H](Oc3cc(-c4csc(NC(C)C)n4)nc4cc(OC)ccc34)CN1C(=O)CCCCCCC(=O)Nc1ccccc1S(=O)(=O)NC2=O.C=C[C@@H]1C[C@]1(NC(=O)[C@@H]1C[C@@H](Oc2cc(-c3csc(NC(C)C)n3)nc3cc(OC)ccc23)CN1)C(=O)NS(=O)(=O)c1ccccc1NC(=O)CCCCCCC(=O)O. The number of fused-ring (bicyclic) bond motifs is 4. The number of carbonyl (C=O) groups excluding carboxylic acids is 7. The number of para-hydroxylation sites is 2. The Morgan fingerprint density at radius 1 is 0.701 bits per heavy atom. The fraction of sp³-hybridized carbons (Fsp3) is 0.415. The number of aromatic nitrogens is 4. The van der Waals surface area contributed by atoms with Gasteiger partial charge in [-0.05, 0) is 115 Å². The lowest BCUT2D eigenvalue weighted by atomic mass is 10.1. The van der Waals surface area contributed by atoms with Gasteiger partial charge in [0.25, 0.3) is 31.9 Å². The summed E-state index contributed by atoms with van der Waals surface area (Å²) in [5.41, 5.74) is 0.566. The van der Waals surface area contributed by atoms with E-state index in [9.17, 15) is 55.2 Å². The molecule has 117 heavy (non-hydrogen) atoms. The summed E-state index contributed by atoms with van der Waals surface area (Å²) in [4.78, 5) is 126. The van der Waals surface area contributed by atoms with E-state index in [1.54, 1.807) is 44.6 Å². The fourth-order valence-corrected chi connectivity index (χ4v) is 18.6. The first-order chi connectivity index (χ1) is 56.0. The molecular weight excluding hydrogens is 1580 g/mol. The maximum Gasteiger partial charge on any atom is 0.303 e. The first kappa shape index (κ1) is 85.2. The normalized spacial score (nSPS) is 21.9. The maximum absolute atomic E-state index is 14.3. The topological polar surface area (TPSA) is 425 Å². The van der Waals surface area contributed by atoms with E-state index in [1.165, 1.54) is 76.1 Å². The first-order valence-electron chi connectivity index (χ1n) is 38.8.